The van der Waals surface area contributed by atoms with Crippen LogP contribution in [-0.2, 0) is 4.74 Å². The molecule has 0 bridgehead atoms. The number of benzene rings is 1. The van der Waals surface area contributed by atoms with Gasteiger partial charge in [0, 0.05) is 30.3 Å². The average molecular weight is 371 g/mol. The van der Waals surface area contributed by atoms with E-state index in [1.54, 1.807) is 0 Å². The van der Waals surface area contributed by atoms with Crippen LogP contribution in [0.2, 0.25) is 0 Å². The monoisotopic (exact) mass is 370 g/mol. The summed E-state index contributed by atoms with van der Waals surface area (Å²) in [5.41, 5.74) is 3.68. The van der Waals surface area contributed by atoms with E-state index in [0.717, 1.165) is 59.5 Å². The molecule has 4 nitrogen and oxygen atoms in total. The van der Waals surface area contributed by atoms with E-state index in [9.17, 15) is 4.79 Å². The molecule has 1 aromatic carbocycles. The molecule has 2 atom stereocenters. The molecule has 3 heterocycles. The van der Waals surface area contributed by atoms with Crippen molar-refractivity contribution in [2.45, 2.75) is 45.3 Å². The molecule has 2 aromatic rings. The summed E-state index contributed by atoms with van der Waals surface area (Å²) < 4.78 is 5.83. The van der Waals surface area contributed by atoms with Gasteiger partial charge < -0.3 is 9.64 Å². The van der Waals surface area contributed by atoms with Gasteiger partial charge in [0.25, 0.3) is 5.91 Å². The van der Waals surface area contributed by atoms with E-state index >= 15 is 0 Å². The Kier molecular flexibility index (Phi) is 5.18. The molecule has 2 aliphatic heterocycles. The standard InChI is InChI=1S/C21H26N2O2S/c1-14-5-6-20-16(10-14)11-19(15(2)22-20)21(24)23(17-7-9-26-13-17)12-18-4-3-8-25-18/h5-6,10-11,17-18H,3-4,7-9,12-13H2,1-2H3. The fraction of sp³-hybridized carbons (Fsp3) is 0.524. The number of rotatable bonds is 4. The summed E-state index contributed by atoms with van der Waals surface area (Å²) >= 11 is 1.94. The minimum absolute atomic E-state index is 0.112. The third-order valence-corrected chi connectivity index (χ3v) is 6.57. The molecule has 0 aliphatic carbocycles. The highest BCUT2D eigenvalue weighted by molar-refractivity contribution is 7.99. The molecule has 2 unspecified atom stereocenters. The second-order valence-corrected chi connectivity index (χ2v) is 8.58. The van der Waals surface area contributed by atoms with E-state index in [4.69, 9.17) is 9.72 Å². The summed E-state index contributed by atoms with van der Waals surface area (Å²) in [5.74, 6) is 2.27. The highest BCUT2D eigenvalue weighted by atomic mass is 32.2. The molecule has 0 radical (unpaired) electrons. The lowest BCUT2D eigenvalue weighted by atomic mass is 10.0. The van der Waals surface area contributed by atoms with Gasteiger partial charge in [-0.2, -0.15) is 11.8 Å². The second-order valence-electron chi connectivity index (χ2n) is 7.43. The SMILES string of the molecule is Cc1ccc2nc(C)c(C(=O)N(CC3CCCO3)C3CCSC3)cc2c1. The van der Waals surface area contributed by atoms with Gasteiger partial charge in [0.05, 0.1) is 22.9 Å². The zero-order valence-electron chi connectivity index (χ0n) is 15.5. The lowest BCUT2D eigenvalue weighted by molar-refractivity contribution is 0.0441. The Morgan fingerprint density at radius 3 is 2.92 bits per heavy atom. The maximum Gasteiger partial charge on any atom is 0.256 e. The molecule has 1 amide bonds. The van der Waals surface area contributed by atoms with E-state index < -0.39 is 0 Å². The number of pyridine rings is 1. The highest BCUT2D eigenvalue weighted by Crippen LogP contribution is 2.27. The Labute approximate surface area is 159 Å². The molecular formula is C21H26N2O2S. The van der Waals surface area contributed by atoms with E-state index in [-0.39, 0.29) is 12.0 Å². The van der Waals surface area contributed by atoms with Gasteiger partial charge in [-0.1, -0.05) is 11.6 Å². The number of carbonyl (C=O) groups is 1. The van der Waals surface area contributed by atoms with Crippen molar-refractivity contribution in [2.24, 2.45) is 0 Å². The number of amides is 1. The number of aryl methyl sites for hydroxylation is 2. The normalized spacial score (nSPS) is 22.8. The smallest absolute Gasteiger partial charge is 0.256 e. The van der Waals surface area contributed by atoms with Crippen LogP contribution in [0.1, 0.15) is 40.9 Å². The van der Waals surface area contributed by atoms with Crippen molar-refractivity contribution < 1.29 is 9.53 Å². The van der Waals surface area contributed by atoms with Gasteiger partial charge in [0.15, 0.2) is 0 Å². The lowest BCUT2D eigenvalue weighted by Crippen LogP contribution is -2.45. The maximum atomic E-state index is 13.5. The van der Waals surface area contributed by atoms with E-state index in [0.29, 0.717) is 12.6 Å². The third-order valence-electron chi connectivity index (χ3n) is 5.42. The average Bonchev–Trinajstić information content (AvgIpc) is 3.32. The summed E-state index contributed by atoms with van der Waals surface area (Å²) in [5, 5.41) is 1.04. The molecule has 2 fully saturated rings. The number of hydrogen-bond acceptors (Lipinski definition) is 4. The van der Waals surface area contributed by atoms with E-state index in [2.05, 4.69) is 24.0 Å². The lowest BCUT2D eigenvalue weighted by Gasteiger charge is -2.31. The van der Waals surface area contributed by atoms with Crippen molar-refractivity contribution in [3.8, 4) is 0 Å². The zero-order chi connectivity index (χ0) is 18.1. The third kappa shape index (κ3) is 3.60. The topological polar surface area (TPSA) is 42.4 Å². The minimum atomic E-state index is 0.112. The van der Waals surface area contributed by atoms with Crippen molar-refractivity contribution in [3.63, 3.8) is 0 Å². The molecule has 0 spiro atoms. The number of aromatic nitrogens is 1. The molecule has 2 aliphatic rings. The van der Waals surface area contributed by atoms with Crippen LogP contribution in [0.4, 0.5) is 0 Å². The van der Waals surface area contributed by atoms with Crippen LogP contribution in [0.5, 0.6) is 0 Å². The number of carbonyl (C=O) groups excluding carboxylic acids is 1. The van der Waals surface area contributed by atoms with Gasteiger partial charge in [-0.05, 0) is 57.1 Å². The van der Waals surface area contributed by atoms with Gasteiger partial charge in [-0.15, -0.1) is 0 Å². The van der Waals surface area contributed by atoms with Gasteiger partial charge in [-0.3, -0.25) is 9.78 Å². The van der Waals surface area contributed by atoms with E-state index in [1.807, 2.05) is 30.8 Å². The number of thioether (sulfide) groups is 1. The molecule has 138 valence electrons. The van der Waals surface area contributed by atoms with Crippen molar-refractivity contribution in [2.75, 3.05) is 24.7 Å². The predicted octanol–water partition coefficient (Wildman–Crippen LogP) is 3.98. The highest BCUT2D eigenvalue weighted by Gasteiger charge is 2.32. The summed E-state index contributed by atoms with van der Waals surface area (Å²) in [7, 11) is 0. The first-order valence-corrected chi connectivity index (χ1v) is 10.7. The molecule has 26 heavy (non-hydrogen) atoms. The van der Waals surface area contributed by atoms with Crippen LogP contribution in [-0.4, -0.2) is 52.6 Å². The fourth-order valence-corrected chi connectivity index (χ4v) is 5.16. The van der Waals surface area contributed by atoms with Crippen molar-refractivity contribution in [1.29, 1.82) is 0 Å². The van der Waals surface area contributed by atoms with Crippen LogP contribution in [0.3, 0.4) is 0 Å². The van der Waals surface area contributed by atoms with Crippen LogP contribution in [0.15, 0.2) is 24.3 Å². The summed E-state index contributed by atoms with van der Waals surface area (Å²) in [6.07, 6.45) is 3.41. The van der Waals surface area contributed by atoms with Crippen molar-refractivity contribution in [1.82, 2.24) is 9.88 Å². The first-order chi connectivity index (χ1) is 12.6. The number of ether oxygens (including phenoxy) is 1. The van der Waals surface area contributed by atoms with Gasteiger partial charge in [0.2, 0.25) is 0 Å². The maximum absolute atomic E-state index is 13.5. The van der Waals surface area contributed by atoms with Crippen molar-refractivity contribution in [3.05, 3.63) is 41.1 Å². The van der Waals surface area contributed by atoms with Crippen molar-refractivity contribution >= 4 is 28.6 Å². The molecule has 4 rings (SSSR count). The van der Waals surface area contributed by atoms with Crippen LogP contribution in [0.25, 0.3) is 10.9 Å². The summed E-state index contributed by atoms with van der Waals surface area (Å²) in [4.78, 5) is 20.3. The second kappa shape index (κ2) is 7.57. The van der Waals surface area contributed by atoms with Crippen LogP contribution in [0, 0.1) is 13.8 Å². The summed E-state index contributed by atoms with van der Waals surface area (Å²) in [6, 6.07) is 8.54. The summed E-state index contributed by atoms with van der Waals surface area (Å²) in [6.45, 7) is 5.54. The molecule has 2 saturated heterocycles. The van der Waals surface area contributed by atoms with Gasteiger partial charge in [0.1, 0.15) is 0 Å². The number of fused-ring (bicyclic) bond motifs is 1. The number of hydrogen-bond donors (Lipinski definition) is 0. The van der Waals surface area contributed by atoms with Gasteiger partial charge in [-0.25, -0.2) is 0 Å². The van der Waals surface area contributed by atoms with Crippen LogP contribution >= 0.6 is 11.8 Å². The van der Waals surface area contributed by atoms with E-state index in [1.165, 1.54) is 5.56 Å². The molecule has 5 heteroatoms. The Morgan fingerprint density at radius 1 is 1.31 bits per heavy atom. The Balaban J connectivity index is 1.67. The molecule has 0 N–H and O–H groups in total. The quantitative estimate of drug-likeness (QED) is 0.816. The predicted molar refractivity (Wildman–Crippen MR) is 107 cm³/mol. The molecule has 0 saturated carbocycles. The Bertz CT molecular complexity index is 811. The Morgan fingerprint density at radius 2 is 2.19 bits per heavy atom. The molecule has 1 aromatic heterocycles. The fourth-order valence-electron chi connectivity index (χ4n) is 3.94. The molecular weight excluding hydrogens is 344 g/mol. The first kappa shape index (κ1) is 17.8. The first-order valence-electron chi connectivity index (χ1n) is 9.50. The van der Waals surface area contributed by atoms with Crippen LogP contribution < -0.4 is 0 Å². The number of nitrogens with zero attached hydrogens (tertiary/aromatic N) is 2. The minimum Gasteiger partial charge on any atom is -0.376 e. The Hall–Kier alpha value is -1.59. The largest absolute Gasteiger partial charge is 0.376 e. The zero-order valence-corrected chi connectivity index (χ0v) is 16.3. The van der Waals surface area contributed by atoms with Gasteiger partial charge >= 0.3 is 0 Å².